The molecule has 0 saturated carbocycles. The number of aryl methyl sites for hydroxylation is 2. The van der Waals surface area contributed by atoms with Crippen molar-refractivity contribution in [2.75, 3.05) is 38.2 Å². The predicted molar refractivity (Wildman–Crippen MR) is 304 cm³/mol. The molecular formula is C62H42BrN2O9P. The van der Waals surface area contributed by atoms with Crippen molar-refractivity contribution in [1.82, 2.24) is 0 Å². The number of carbonyl (C=O) groups is 4. The van der Waals surface area contributed by atoms with Crippen molar-refractivity contribution in [2.45, 2.75) is 13.8 Å². The quantitative estimate of drug-likeness (QED) is 0.0665. The van der Waals surface area contributed by atoms with Crippen molar-refractivity contribution in [1.29, 1.82) is 0 Å². The number of halogens is 1. The van der Waals surface area contributed by atoms with E-state index in [1.165, 1.54) is 9.80 Å². The Hall–Kier alpha value is -8.57. The highest BCUT2D eigenvalue weighted by molar-refractivity contribution is 9.10. The molecule has 0 N–H and O–H groups in total. The molecule has 2 aliphatic heterocycles. The van der Waals surface area contributed by atoms with E-state index in [9.17, 15) is 19.2 Å². The van der Waals surface area contributed by atoms with Crippen LogP contribution in [-0.4, -0.2) is 52.1 Å². The van der Waals surface area contributed by atoms with E-state index >= 15 is 0 Å². The summed E-state index contributed by atoms with van der Waals surface area (Å²) < 4.78 is 29.2. The number of amides is 4. The van der Waals surface area contributed by atoms with Crippen LogP contribution in [0.5, 0.6) is 28.7 Å². The average Bonchev–Trinajstić information content (AvgIpc) is 3.49. The van der Waals surface area contributed by atoms with Crippen LogP contribution in [0.2, 0.25) is 0 Å². The Balaban J connectivity index is 0.000000144. The van der Waals surface area contributed by atoms with E-state index in [0.717, 1.165) is 96.8 Å². The first-order valence-electron chi connectivity index (χ1n) is 24.0. The van der Waals surface area contributed by atoms with Crippen LogP contribution < -0.4 is 33.3 Å². The maximum atomic E-state index is 14.0. The number of methoxy groups -OCH3 is 4. The van der Waals surface area contributed by atoms with Crippen molar-refractivity contribution in [3.8, 4) is 28.7 Å². The second-order valence-corrected chi connectivity index (χ2v) is 20.0. The van der Waals surface area contributed by atoms with E-state index in [2.05, 4.69) is 49.7 Å². The zero-order valence-electron chi connectivity index (χ0n) is 41.2. The molecule has 366 valence electrons. The van der Waals surface area contributed by atoms with E-state index in [4.69, 9.17) is 23.5 Å². The van der Waals surface area contributed by atoms with Gasteiger partial charge in [0.05, 0.1) is 60.4 Å². The lowest BCUT2D eigenvalue weighted by Gasteiger charge is -2.29. The van der Waals surface area contributed by atoms with E-state index in [1.807, 2.05) is 98.8 Å². The van der Waals surface area contributed by atoms with E-state index in [-0.39, 0.29) is 17.7 Å². The first-order valence-corrected chi connectivity index (χ1v) is 25.3. The molecule has 2 heterocycles. The van der Waals surface area contributed by atoms with Crippen LogP contribution in [0.4, 0.5) is 11.4 Å². The Morgan fingerprint density at radius 2 is 0.787 bits per heavy atom. The summed E-state index contributed by atoms with van der Waals surface area (Å²) in [6.45, 7) is 3.81. The van der Waals surface area contributed by atoms with Gasteiger partial charge in [-0.1, -0.05) is 70.5 Å². The number of hydrogen-bond acceptors (Lipinski definition) is 9. The van der Waals surface area contributed by atoms with Gasteiger partial charge in [0, 0.05) is 70.8 Å². The van der Waals surface area contributed by atoms with Crippen LogP contribution in [-0.2, 0) is 0 Å². The number of benzene rings is 12. The van der Waals surface area contributed by atoms with Gasteiger partial charge >= 0.3 is 0 Å². The van der Waals surface area contributed by atoms with Crippen molar-refractivity contribution in [2.24, 2.45) is 0 Å². The monoisotopic (exact) mass is 1070 g/mol. The maximum absolute atomic E-state index is 14.0. The summed E-state index contributed by atoms with van der Waals surface area (Å²) in [5.41, 5.74) is 4.55. The molecule has 14 rings (SSSR count). The summed E-state index contributed by atoms with van der Waals surface area (Å²) in [7, 11) is 8.67. The maximum Gasteiger partial charge on any atom is 0.266 e. The summed E-state index contributed by atoms with van der Waals surface area (Å²) in [5, 5.41) is 15.1. The molecular weight excluding hydrogens is 1030 g/mol. The molecule has 0 saturated heterocycles. The third-order valence-corrected chi connectivity index (χ3v) is 15.9. The summed E-state index contributed by atoms with van der Waals surface area (Å²) in [5.74, 6) is 1.58. The van der Waals surface area contributed by atoms with E-state index in [1.54, 1.807) is 52.7 Å². The van der Waals surface area contributed by atoms with Crippen molar-refractivity contribution >= 4 is 147 Å². The van der Waals surface area contributed by atoms with Gasteiger partial charge in [0.2, 0.25) is 0 Å². The minimum absolute atomic E-state index is 0.354. The predicted octanol–water partition coefficient (Wildman–Crippen LogP) is 14.7. The number of anilines is 2. The van der Waals surface area contributed by atoms with Gasteiger partial charge in [0.25, 0.3) is 23.6 Å². The van der Waals surface area contributed by atoms with Gasteiger partial charge in [-0.15, -0.1) is 0 Å². The second-order valence-electron chi connectivity index (χ2n) is 18.9. The van der Waals surface area contributed by atoms with Crippen molar-refractivity contribution in [3.05, 3.63) is 171 Å². The number of nitrogens with zero attached hydrogens (tertiary/aromatic N) is 2. The van der Waals surface area contributed by atoms with Crippen LogP contribution in [0.3, 0.4) is 0 Å². The molecule has 0 aromatic heterocycles. The Morgan fingerprint density at radius 3 is 1.25 bits per heavy atom. The van der Waals surface area contributed by atoms with E-state index < -0.39 is 5.91 Å². The smallest absolute Gasteiger partial charge is 0.266 e. The Labute approximate surface area is 439 Å². The topological polar surface area (TPSA) is 121 Å². The third kappa shape index (κ3) is 6.49. The molecule has 75 heavy (non-hydrogen) atoms. The highest BCUT2D eigenvalue weighted by Gasteiger charge is 2.39. The molecule has 12 aromatic carbocycles. The number of carbonyl (C=O) groups excluding carboxylic acids is 4. The minimum Gasteiger partial charge on any atom is -0.497 e. The van der Waals surface area contributed by atoms with Crippen LogP contribution >= 0.6 is 25.4 Å². The average molecular weight is 1070 g/mol. The molecule has 0 spiro atoms. The van der Waals surface area contributed by atoms with Crippen LogP contribution in [0, 0.1) is 13.8 Å². The van der Waals surface area contributed by atoms with Gasteiger partial charge in [0.15, 0.2) is 0 Å². The number of hydrogen-bond donors (Lipinski definition) is 0. The molecule has 0 radical (unpaired) electrons. The van der Waals surface area contributed by atoms with Crippen LogP contribution in [0.15, 0.2) is 138 Å². The number of rotatable bonds is 7. The molecule has 12 aromatic rings. The minimum atomic E-state index is -0.395. The standard InChI is InChI=1S/C31H20BrNO4.C31H22NO5P/c1-15-11-16(13-17(12-15)36-2)33-30(34)22-8-7-19-18-5-4-6-20-24(32)10-9-21(26(18)20)28-25(37-3)14-23(31(33)35)27(22)29(19)28;1-15-11-16(13-17(12-15)35-2)32-30(33)22-8-7-19-18-5-4-6-20-24(37-38)10-9-21(26(18)20)28-25(36-3)14-23(31(32)34)27(22)29(19)28/h4-14H,1-3H3;4-14H,38H2,1-3H3. The Kier molecular flexibility index (Phi) is 10.5. The summed E-state index contributed by atoms with van der Waals surface area (Å²) in [6.07, 6.45) is 0. The highest BCUT2D eigenvalue weighted by atomic mass is 79.9. The lowest BCUT2D eigenvalue weighted by molar-refractivity contribution is 0.0877. The Morgan fingerprint density at radius 1 is 0.373 bits per heavy atom. The fourth-order valence-electron chi connectivity index (χ4n) is 11.9. The largest absolute Gasteiger partial charge is 0.497 e. The van der Waals surface area contributed by atoms with Gasteiger partial charge in [-0.2, -0.15) is 0 Å². The van der Waals surface area contributed by atoms with Crippen LogP contribution in [0.1, 0.15) is 52.6 Å². The van der Waals surface area contributed by atoms with Crippen molar-refractivity contribution < 1.29 is 42.6 Å². The lowest BCUT2D eigenvalue weighted by atomic mass is 9.84. The summed E-state index contributed by atoms with van der Waals surface area (Å²) in [6, 6.07) is 42.3. The molecule has 0 aliphatic carbocycles. The molecule has 13 heteroatoms. The fourth-order valence-corrected chi connectivity index (χ4v) is 12.6. The lowest BCUT2D eigenvalue weighted by Crippen LogP contribution is -2.40. The van der Waals surface area contributed by atoms with E-state index in [0.29, 0.717) is 67.4 Å². The van der Waals surface area contributed by atoms with Gasteiger partial charge in [0.1, 0.15) is 28.7 Å². The third-order valence-electron chi connectivity index (χ3n) is 15.0. The molecule has 2 aliphatic rings. The van der Waals surface area contributed by atoms with Gasteiger partial charge in [-0.3, -0.25) is 19.2 Å². The first-order chi connectivity index (χ1) is 36.4. The normalized spacial score (nSPS) is 13.4. The zero-order chi connectivity index (χ0) is 51.9. The van der Waals surface area contributed by atoms with Crippen molar-refractivity contribution in [3.63, 3.8) is 0 Å². The SMILES string of the molecule is COc1cc(C)cc(N2C(=O)c3ccc4c5cccc6c(Br)ccc(c7c(OC)cc(c3c47)C2=O)c65)c1.COc1cc(C)cc(N2C(=O)c3ccc4c5cccc6c(OP)ccc(c7c(OC)cc(c3c47)C2=O)c65)c1. The van der Waals surface area contributed by atoms with Gasteiger partial charge < -0.3 is 23.5 Å². The molecule has 11 nitrogen and oxygen atoms in total. The number of imide groups is 2. The molecule has 1 unspecified atom stereocenters. The molecule has 1 atom stereocenters. The van der Waals surface area contributed by atoms with Crippen LogP contribution in [0.25, 0.3) is 86.2 Å². The first kappa shape index (κ1) is 46.2. The number of ether oxygens (including phenoxy) is 4. The van der Waals surface area contributed by atoms with Gasteiger partial charge in [-0.05, 0) is 135 Å². The fraction of sp³-hybridized carbons (Fsp3) is 0.0968. The summed E-state index contributed by atoms with van der Waals surface area (Å²) >= 11 is 3.70. The number of fused-ring (bicyclic) bond motifs is 4. The molecule has 4 amide bonds. The summed E-state index contributed by atoms with van der Waals surface area (Å²) in [4.78, 5) is 58.4. The van der Waals surface area contributed by atoms with Gasteiger partial charge in [-0.25, -0.2) is 9.80 Å². The zero-order valence-corrected chi connectivity index (χ0v) is 44.0. The molecule has 0 fully saturated rings. The highest BCUT2D eigenvalue weighted by Crippen LogP contribution is 2.51. The second kappa shape index (κ2) is 17.0. The molecule has 0 bridgehead atoms. The Bertz CT molecular complexity index is 4550.